The number of hydrogen-bond acceptors (Lipinski definition) is 4. The van der Waals surface area contributed by atoms with Gasteiger partial charge in [-0.25, -0.2) is 0 Å². The third kappa shape index (κ3) is 4.03. The van der Waals surface area contributed by atoms with Crippen LogP contribution in [0.25, 0.3) is 0 Å². The van der Waals surface area contributed by atoms with E-state index in [1.165, 1.54) is 0 Å². The van der Waals surface area contributed by atoms with Crippen LogP contribution < -0.4 is 16.4 Å². The van der Waals surface area contributed by atoms with Gasteiger partial charge in [0.15, 0.2) is 0 Å². The lowest BCUT2D eigenvalue weighted by atomic mass is 10.1. The number of anilines is 2. The van der Waals surface area contributed by atoms with Crippen LogP contribution in [-0.4, -0.2) is 19.0 Å². The number of nitrogens with one attached hydrogen (secondary N) is 2. The van der Waals surface area contributed by atoms with Crippen molar-refractivity contribution in [3.8, 4) is 6.07 Å². The van der Waals surface area contributed by atoms with E-state index in [4.69, 9.17) is 11.0 Å². The Morgan fingerprint density at radius 3 is 2.94 bits per heavy atom. The van der Waals surface area contributed by atoms with E-state index in [1.54, 1.807) is 18.2 Å². The van der Waals surface area contributed by atoms with E-state index in [1.807, 2.05) is 6.92 Å². The number of nitrogens with zero attached hydrogens (tertiary/aromatic N) is 1. The van der Waals surface area contributed by atoms with Crippen LogP contribution in [0.4, 0.5) is 11.4 Å². The van der Waals surface area contributed by atoms with E-state index in [2.05, 4.69) is 16.7 Å². The summed E-state index contributed by atoms with van der Waals surface area (Å²) >= 11 is 0. The Bertz CT molecular complexity index is 437. The summed E-state index contributed by atoms with van der Waals surface area (Å²) in [5.74, 6) is -0.0637. The number of nitriles is 1. The number of carbonyl (C=O) groups excluding carboxylic acids is 1. The van der Waals surface area contributed by atoms with Gasteiger partial charge in [0.05, 0.1) is 19.0 Å². The molecule has 5 heteroatoms. The van der Waals surface area contributed by atoms with Gasteiger partial charge >= 0.3 is 0 Å². The monoisotopic (exact) mass is 232 g/mol. The molecule has 0 unspecified atom stereocenters. The first-order chi connectivity index (χ1) is 8.17. The molecule has 1 aromatic rings. The van der Waals surface area contributed by atoms with Crippen LogP contribution in [0.5, 0.6) is 0 Å². The number of rotatable bonds is 5. The minimum Gasteiger partial charge on any atom is -0.398 e. The van der Waals surface area contributed by atoms with Crippen molar-refractivity contribution in [3.05, 3.63) is 23.8 Å². The molecule has 1 amide bonds. The second kappa shape index (κ2) is 6.38. The lowest BCUT2D eigenvalue weighted by molar-refractivity contribution is -0.119. The summed E-state index contributed by atoms with van der Waals surface area (Å²) in [6, 6.07) is 7.36. The van der Waals surface area contributed by atoms with Crippen LogP contribution in [0.3, 0.4) is 0 Å². The number of amides is 1. The highest BCUT2D eigenvalue weighted by Gasteiger charge is 2.02. The topological polar surface area (TPSA) is 90.9 Å². The number of nitrogens with two attached hydrogens (primary N) is 1. The molecule has 0 aliphatic carbocycles. The average molecular weight is 232 g/mol. The van der Waals surface area contributed by atoms with Gasteiger partial charge in [0.25, 0.3) is 0 Å². The zero-order valence-corrected chi connectivity index (χ0v) is 9.79. The molecule has 90 valence electrons. The Morgan fingerprint density at radius 1 is 1.53 bits per heavy atom. The van der Waals surface area contributed by atoms with Gasteiger partial charge < -0.3 is 16.4 Å². The summed E-state index contributed by atoms with van der Waals surface area (Å²) in [5.41, 5.74) is 7.87. The second-order valence-corrected chi connectivity index (χ2v) is 3.56. The predicted molar refractivity (Wildman–Crippen MR) is 67.3 cm³/mol. The quantitative estimate of drug-likeness (QED) is 0.657. The maximum Gasteiger partial charge on any atom is 0.239 e. The maximum atomic E-state index is 11.2. The van der Waals surface area contributed by atoms with Crippen LogP contribution >= 0.6 is 0 Å². The molecule has 0 spiro atoms. The Labute approximate surface area is 101 Å². The molecule has 5 nitrogen and oxygen atoms in total. The van der Waals surface area contributed by atoms with Crippen molar-refractivity contribution in [2.24, 2.45) is 0 Å². The second-order valence-electron chi connectivity index (χ2n) is 3.56. The van der Waals surface area contributed by atoms with Gasteiger partial charge in [0, 0.05) is 17.9 Å². The number of hydrogen-bond donors (Lipinski definition) is 3. The normalized spacial score (nSPS) is 9.41. The Balaban J connectivity index is 2.63. The highest BCUT2D eigenvalue weighted by Crippen LogP contribution is 2.17. The molecule has 0 fully saturated rings. The number of benzene rings is 1. The first-order valence-corrected chi connectivity index (χ1v) is 5.43. The molecule has 0 atom stereocenters. The van der Waals surface area contributed by atoms with Crippen molar-refractivity contribution in [1.29, 1.82) is 5.26 Å². The van der Waals surface area contributed by atoms with Crippen molar-refractivity contribution >= 4 is 17.3 Å². The fourth-order valence-corrected chi connectivity index (χ4v) is 1.40. The standard InChI is InChI=1S/C12H16N4O/c1-2-15-12(17)8-16-10-3-4-11(14)9(7-10)5-6-13/h3-4,7,16H,2,5,8,14H2,1H3,(H,15,17). The van der Waals surface area contributed by atoms with Crippen LogP contribution in [0.1, 0.15) is 12.5 Å². The van der Waals surface area contributed by atoms with E-state index in [0.29, 0.717) is 12.2 Å². The van der Waals surface area contributed by atoms with Gasteiger partial charge in [-0.1, -0.05) is 0 Å². The van der Waals surface area contributed by atoms with Gasteiger partial charge in [0.2, 0.25) is 5.91 Å². The Hall–Kier alpha value is -2.22. The first kappa shape index (κ1) is 12.8. The highest BCUT2D eigenvalue weighted by molar-refractivity contribution is 5.80. The number of carbonyl (C=O) groups is 1. The van der Waals surface area contributed by atoms with E-state index < -0.39 is 0 Å². The molecular weight excluding hydrogens is 216 g/mol. The van der Waals surface area contributed by atoms with Crippen molar-refractivity contribution in [2.75, 3.05) is 24.1 Å². The van der Waals surface area contributed by atoms with Crippen LogP contribution in [-0.2, 0) is 11.2 Å². The predicted octanol–water partition coefficient (Wildman–Crippen LogP) is 0.883. The van der Waals surface area contributed by atoms with Crippen molar-refractivity contribution in [3.63, 3.8) is 0 Å². The summed E-state index contributed by atoms with van der Waals surface area (Å²) in [4.78, 5) is 11.2. The van der Waals surface area contributed by atoms with Crippen molar-refractivity contribution in [1.82, 2.24) is 5.32 Å². The van der Waals surface area contributed by atoms with Gasteiger partial charge in [0.1, 0.15) is 0 Å². The number of likely N-dealkylation sites (N-methyl/N-ethyl adjacent to an activating group) is 1. The minimum absolute atomic E-state index is 0.0637. The molecule has 0 aliphatic heterocycles. The third-order valence-electron chi connectivity index (χ3n) is 2.24. The molecule has 0 heterocycles. The highest BCUT2D eigenvalue weighted by atomic mass is 16.1. The SMILES string of the molecule is CCNC(=O)CNc1ccc(N)c(CC#N)c1. The van der Waals surface area contributed by atoms with Crippen LogP contribution in [0.15, 0.2) is 18.2 Å². The third-order valence-corrected chi connectivity index (χ3v) is 2.24. The lowest BCUT2D eigenvalue weighted by Gasteiger charge is -2.09. The van der Waals surface area contributed by atoms with Gasteiger partial charge in [-0.2, -0.15) is 5.26 Å². The summed E-state index contributed by atoms with van der Waals surface area (Å²) in [7, 11) is 0. The zero-order valence-electron chi connectivity index (χ0n) is 9.79. The molecule has 4 N–H and O–H groups in total. The molecule has 0 aromatic heterocycles. The Morgan fingerprint density at radius 2 is 2.29 bits per heavy atom. The number of nitrogen functional groups attached to an aromatic ring is 1. The first-order valence-electron chi connectivity index (χ1n) is 5.43. The molecular formula is C12H16N4O. The fourth-order valence-electron chi connectivity index (χ4n) is 1.40. The smallest absolute Gasteiger partial charge is 0.239 e. The minimum atomic E-state index is -0.0637. The summed E-state index contributed by atoms with van der Waals surface area (Å²) < 4.78 is 0. The molecule has 0 radical (unpaired) electrons. The van der Waals surface area contributed by atoms with Gasteiger partial charge in [-0.15, -0.1) is 0 Å². The molecule has 1 rings (SSSR count). The lowest BCUT2D eigenvalue weighted by Crippen LogP contribution is -2.29. The van der Waals surface area contributed by atoms with Crippen molar-refractivity contribution in [2.45, 2.75) is 13.3 Å². The average Bonchev–Trinajstić information content (AvgIpc) is 2.31. The Kier molecular flexibility index (Phi) is 4.82. The van der Waals surface area contributed by atoms with Crippen LogP contribution in [0, 0.1) is 11.3 Å². The van der Waals surface area contributed by atoms with E-state index in [0.717, 1.165) is 11.3 Å². The maximum absolute atomic E-state index is 11.2. The molecule has 0 saturated carbocycles. The molecule has 1 aromatic carbocycles. The largest absolute Gasteiger partial charge is 0.398 e. The van der Waals surface area contributed by atoms with Crippen LogP contribution in [0.2, 0.25) is 0 Å². The van der Waals surface area contributed by atoms with E-state index >= 15 is 0 Å². The zero-order chi connectivity index (χ0) is 12.7. The molecule has 0 saturated heterocycles. The fraction of sp³-hybridized carbons (Fsp3) is 0.333. The molecule has 0 bridgehead atoms. The molecule has 0 aliphatic rings. The van der Waals surface area contributed by atoms with Gasteiger partial charge in [-0.3, -0.25) is 4.79 Å². The van der Waals surface area contributed by atoms with E-state index in [9.17, 15) is 4.79 Å². The van der Waals surface area contributed by atoms with Crippen molar-refractivity contribution < 1.29 is 4.79 Å². The summed E-state index contributed by atoms with van der Waals surface area (Å²) in [6.07, 6.45) is 0.266. The molecule has 17 heavy (non-hydrogen) atoms. The van der Waals surface area contributed by atoms with E-state index in [-0.39, 0.29) is 18.9 Å². The summed E-state index contributed by atoms with van der Waals surface area (Å²) in [5, 5.41) is 14.3. The van der Waals surface area contributed by atoms with Gasteiger partial charge in [-0.05, 0) is 30.7 Å². The summed E-state index contributed by atoms with van der Waals surface area (Å²) in [6.45, 7) is 2.69.